The normalized spacial score (nSPS) is 14.4. The van der Waals surface area contributed by atoms with Gasteiger partial charge in [-0.3, -0.25) is 9.11 Å². The summed E-state index contributed by atoms with van der Waals surface area (Å²) in [7, 11) is -9.90. The SMILES string of the molecule is C\C=C/C=C(C)/N=N/c1c(S(=O)(=O)O)cc2cc(S(=O)(=O)O)c(/N=N/C(C)=C/C=C\C)c(O)c2c1N. The van der Waals surface area contributed by atoms with Gasteiger partial charge in [0.25, 0.3) is 20.2 Å². The molecule has 0 saturated carbocycles. The van der Waals surface area contributed by atoms with Crippen molar-refractivity contribution in [2.45, 2.75) is 37.5 Å². The number of benzene rings is 2. The van der Waals surface area contributed by atoms with Gasteiger partial charge in [-0.25, -0.2) is 0 Å². The summed E-state index contributed by atoms with van der Waals surface area (Å²) < 4.78 is 67.7. The number of fused-ring (bicyclic) bond motifs is 1. The van der Waals surface area contributed by atoms with Crippen molar-refractivity contribution in [1.82, 2.24) is 0 Å². The number of hydrogen-bond donors (Lipinski definition) is 4. The Morgan fingerprint density at radius 2 is 1.25 bits per heavy atom. The van der Waals surface area contributed by atoms with Gasteiger partial charge in [-0.2, -0.15) is 27.1 Å². The van der Waals surface area contributed by atoms with Crippen molar-refractivity contribution >= 4 is 48.1 Å². The molecule has 2 aromatic carbocycles. The average molecular weight is 536 g/mol. The fourth-order valence-electron chi connectivity index (χ4n) is 2.90. The molecule has 14 heteroatoms. The number of rotatable bonds is 8. The van der Waals surface area contributed by atoms with Gasteiger partial charge in [-0.1, -0.05) is 24.3 Å². The van der Waals surface area contributed by atoms with E-state index >= 15 is 0 Å². The lowest BCUT2D eigenvalue weighted by atomic mass is 10.1. The van der Waals surface area contributed by atoms with Crippen LogP contribution in [-0.2, 0) is 20.2 Å². The second-order valence-electron chi connectivity index (χ2n) is 7.32. The molecule has 2 aromatic rings. The first-order valence-electron chi connectivity index (χ1n) is 10.2. The Hall–Kier alpha value is -3.72. The monoisotopic (exact) mass is 535 g/mol. The first-order chi connectivity index (χ1) is 16.7. The number of phenolic OH excluding ortho intramolecular Hbond substituents is 1. The van der Waals surface area contributed by atoms with Crippen LogP contribution in [0.3, 0.4) is 0 Å². The van der Waals surface area contributed by atoms with E-state index in [9.17, 15) is 31.0 Å². The van der Waals surface area contributed by atoms with Crippen LogP contribution in [0.4, 0.5) is 17.1 Å². The van der Waals surface area contributed by atoms with Gasteiger partial charge in [0, 0.05) is 0 Å². The summed E-state index contributed by atoms with van der Waals surface area (Å²) in [5.41, 5.74) is 5.23. The van der Waals surface area contributed by atoms with Crippen molar-refractivity contribution in [3.8, 4) is 5.75 Å². The van der Waals surface area contributed by atoms with Crippen LogP contribution in [0.2, 0.25) is 0 Å². The molecular weight excluding hydrogens is 510 g/mol. The molecule has 12 nitrogen and oxygen atoms in total. The van der Waals surface area contributed by atoms with E-state index in [2.05, 4.69) is 20.5 Å². The first-order valence-corrected chi connectivity index (χ1v) is 13.1. The highest BCUT2D eigenvalue weighted by atomic mass is 32.2. The number of nitrogens with two attached hydrogens (primary N) is 1. The summed E-state index contributed by atoms with van der Waals surface area (Å²) in [6.45, 7) is 6.67. The third-order valence-corrected chi connectivity index (χ3v) is 6.28. The van der Waals surface area contributed by atoms with Crippen molar-refractivity contribution in [3.05, 3.63) is 60.0 Å². The van der Waals surface area contributed by atoms with Crippen LogP contribution >= 0.6 is 0 Å². The molecule has 0 amide bonds. The minimum Gasteiger partial charge on any atom is -0.505 e. The van der Waals surface area contributed by atoms with Crippen LogP contribution < -0.4 is 5.73 Å². The third-order valence-electron chi connectivity index (χ3n) is 4.55. The number of nitrogens with zero attached hydrogens (tertiary/aromatic N) is 4. The maximum Gasteiger partial charge on any atom is 0.296 e. The van der Waals surface area contributed by atoms with Gasteiger partial charge in [0.2, 0.25) is 0 Å². The summed E-state index contributed by atoms with van der Waals surface area (Å²) in [5, 5.41) is 25.7. The highest BCUT2D eigenvalue weighted by Gasteiger charge is 2.27. The molecule has 5 N–H and O–H groups in total. The minimum atomic E-state index is -4.97. The van der Waals surface area contributed by atoms with Gasteiger partial charge in [0.15, 0.2) is 5.75 Å². The molecule has 0 bridgehead atoms. The highest BCUT2D eigenvalue weighted by Crippen LogP contribution is 2.48. The van der Waals surface area contributed by atoms with Crippen molar-refractivity contribution < 1.29 is 31.0 Å². The number of hydrogen-bond acceptors (Lipinski definition) is 10. The largest absolute Gasteiger partial charge is 0.505 e. The molecule has 0 radical (unpaired) electrons. The van der Waals surface area contributed by atoms with Crippen LogP contribution in [0.5, 0.6) is 5.75 Å². The number of azo groups is 2. The summed E-state index contributed by atoms with van der Waals surface area (Å²) in [4.78, 5) is -1.66. The number of phenols is 1. The third kappa shape index (κ3) is 6.69. The van der Waals surface area contributed by atoms with E-state index in [1.807, 2.05) is 0 Å². The van der Waals surface area contributed by atoms with Crippen LogP contribution in [0.25, 0.3) is 10.8 Å². The predicted octanol–water partition coefficient (Wildman–Crippen LogP) is 5.75. The van der Waals surface area contributed by atoms with E-state index in [-0.39, 0.29) is 10.8 Å². The molecular formula is C22H25N5O7S2. The molecule has 192 valence electrons. The van der Waals surface area contributed by atoms with E-state index in [1.165, 1.54) is 0 Å². The molecule has 0 aliphatic heterocycles. The van der Waals surface area contributed by atoms with Crippen molar-refractivity contribution in [2.24, 2.45) is 20.5 Å². The van der Waals surface area contributed by atoms with Crippen LogP contribution in [0, 0.1) is 0 Å². The topological polar surface area (TPSA) is 204 Å². The smallest absolute Gasteiger partial charge is 0.296 e. The Morgan fingerprint density at radius 1 is 0.833 bits per heavy atom. The second-order valence-corrected chi connectivity index (χ2v) is 10.1. The molecule has 0 atom stereocenters. The summed E-state index contributed by atoms with van der Waals surface area (Å²) in [5.74, 6) is -0.820. The molecule has 0 aliphatic rings. The molecule has 0 saturated heterocycles. The molecule has 36 heavy (non-hydrogen) atoms. The maximum absolute atomic E-state index is 12.1. The quantitative estimate of drug-likeness (QED) is 0.141. The predicted molar refractivity (Wildman–Crippen MR) is 136 cm³/mol. The number of anilines is 1. The Balaban J connectivity index is 3.01. The van der Waals surface area contributed by atoms with Gasteiger partial charge in [-0.15, -0.1) is 10.2 Å². The van der Waals surface area contributed by atoms with E-state index in [4.69, 9.17) is 5.73 Å². The van der Waals surface area contributed by atoms with Gasteiger partial charge in [-0.05, 0) is 57.4 Å². The molecule has 2 rings (SSSR count). The minimum absolute atomic E-state index is 0.245. The lowest BCUT2D eigenvalue weighted by Crippen LogP contribution is -2.03. The van der Waals surface area contributed by atoms with Gasteiger partial charge < -0.3 is 10.8 Å². The number of allylic oxidation sites excluding steroid dienone is 8. The highest BCUT2D eigenvalue weighted by molar-refractivity contribution is 7.86. The fourth-order valence-corrected chi connectivity index (χ4v) is 4.23. The zero-order valence-corrected chi connectivity index (χ0v) is 21.4. The summed E-state index contributed by atoms with van der Waals surface area (Å²) >= 11 is 0. The zero-order chi connectivity index (χ0) is 27.3. The van der Waals surface area contributed by atoms with Crippen LogP contribution in [0.15, 0.2) is 90.2 Å². The molecule has 0 aliphatic carbocycles. The molecule has 0 spiro atoms. The van der Waals surface area contributed by atoms with Crippen LogP contribution in [-0.4, -0.2) is 31.0 Å². The molecule has 0 unspecified atom stereocenters. The molecule has 0 heterocycles. The van der Waals surface area contributed by atoms with Crippen molar-refractivity contribution in [3.63, 3.8) is 0 Å². The lowest BCUT2D eigenvalue weighted by Gasteiger charge is -2.14. The summed E-state index contributed by atoms with van der Waals surface area (Å²) in [6.07, 6.45) is 9.89. The number of aromatic hydroxyl groups is 1. The van der Waals surface area contributed by atoms with Gasteiger partial charge >= 0.3 is 0 Å². The Kier molecular flexibility index (Phi) is 8.99. The van der Waals surface area contributed by atoms with Crippen molar-refractivity contribution in [2.75, 3.05) is 5.73 Å². The maximum atomic E-state index is 12.1. The fraction of sp³-hybridized carbons (Fsp3) is 0.182. The standard InChI is InChI=1S/C22H25N5O7S2/c1-5-7-9-13(3)24-26-20-16(35(29,30)31)11-15-12-17(36(32,33)34)21(22(28)18(15)19(20)23)27-25-14(4)10-8-6-2/h5-12,28H,23H2,1-4H3,(H,29,30,31)(H,32,33,34)/b7-5-,8-6-,13-9+,14-10+,26-24+,27-25+. The number of nitrogen functional groups attached to an aromatic ring is 1. The Labute approximate surface area is 208 Å². The van der Waals surface area contributed by atoms with Crippen LogP contribution in [0.1, 0.15) is 27.7 Å². The first kappa shape index (κ1) is 28.5. The molecule has 0 fully saturated rings. The van der Waals surface area contributed by atoms with Gasteiger partial charge in [0.1, 0.15) is 21.2 Å². The average Bonchev–Trinajstić information content (AvgIpc) is 2.78. The second kappa shape index (κ2) is 11.3. The Bertz CT molecular complexity index is 1470. The Morgan fingerprint density at radius 3 is 1.67 bits per heavy atom. The zero-order valence-electron chi connectivity index (χ0n) is 19.8. The van der Waals surface area contributed by atoms with E-state index < -0.39 is 52.8 Å². The van der Waals surface area contributed by atoms with E-state index in [0.717, 1.165) is 12.1 Å². The van der Waals surface area contributed by atoms with Gasteiger partial charge in [0.05, 0.1) is 22.5 Å². The van der Waals surface area contributed by atoms with E-state index in [1.54, 1.807) is 64.2 Å². The summed E-state index contributed by atoms with van der Waals surface area (Å²) in [6, 6.07) is 1.68. The van der Waals surface area contributed by atoms with E-state index in [0.29, 0.717) is 11.4 Å². The van der Waals surface area contributed by atoms with Crippen molar-refractivity contribution in [1.29, 1.82) is 0 Å². The lowest BCUT2D eigenvalue weighted by molar-refractivity contribution is 0.472. The molecule has 0 aromatic heterocycles.